The van der Waals surface area contributed by atoms with E-state index in [4.69, 9.17) is 0 Å². The van der Waals surface area contributed by atoms with Crippen LogP contribution in [0.4, 0.5) is 11.4 Å². The van der Waals surface area contributed by atoms with E-state index in [0.29, 0.717) is 24.1 Å². The zero-order valence-electron chi connectivity index (χ0n) is 15.6. The topological polar surface area (TPSA) is 95.5 Å². The van der Waals surface area contributed by atoms with Crippen LogP contribution >= 0.6 is 0 Å². The van der Waals surface area contributed by atoms with Crippen LogP contribution < -0.4 is 10.6 Å². The number of aromatic carboxylic acids is 1. The molecule has 0 aliphatic rings. The first-order valence-corrected chi connectivity index (χ1v) is 9.10. The highest BCUT2D eigenvalue weighted by Gasteiger charge is 2.13. The molecule has 29 heavy (non-hydrogen) atoms. The predicted molar refractivity (Wildman–Crippen MR) is 111 cm³/mol. The van der Waals surface area contributed by atoms with E-state index in [-0.39, 0.29) is 17.2 Å². The minimum absolute atomic E-state index is 0.0168. The summed E-state index contributed by atoms with van der Waals surface area (Å²) < 4.78 is 0. The Hall–Kier alpha value is -3.93. The van der Waals surface area contributed by atoms with Crippen LogP contribution in [-0.4, -0.2) is 22.9 Å². The zero-order valence-corrected chi connectivity index (χ0v) is 15.6. The third-order valence-electron chi connectivity index (χ3n) is 4.32. The Morgan fingerprint density at radius 1 is 0.759 bits per heavy atom. The van der Waals surface area contributed by atoms with Crippen LogP contribution in [-0.2, 0) is 11.2 Å². The molecule has 0 radical (unpaired) electrons. The van der Waals surface area contributed by atoms with Gasteiger partial charge in [0.1, 0.15) is 0 Å². The lowest BCUT2D eigenvalue weighted by molar-refractivity contribution is -0.116. The SMILES string of the molecule is O=C(CCc1ccccc1)Nc1ccc(C(=O)Nc2ccccc2C(=O)O)cc1. The highest BCUT2D eigenvalue weighted by Crippen LogP contribution is 2.17. The molecule has 0 aliphatic carbocycles. The van der Waals surface area contributed by atoms with E-state index in [9.17, 15) is 19.5 Å². The lowest BCUT2D eigenvalue weighted by Gasteiger charge is -2.09. The molecule has 3 aromatic rings. The number of aryl methyl sites for hydroxylation is 1. The summed E-state index contributed by atoms with van der Waals surface area (Å²) in [5.74, 6) is -1.66. The predicted octanol–water partition coefficient (Wildman–Crippen LogP) is 4.21. The van der Waals surface area contributed by atoms with Crippen molar-refractivity contribution in [2.45, 2.75) is 12.8 Å². The summed E-state index contributed by atoms with van der Waals surface area (Å²) in [6, 6.07) is 22.4. The number of para-hydroxylation sites is 1. The van der Waals surface area contributed by atoms with E-state index < -0.39 is 11.9 Å². The van der Waals surface area contributed by atoms with Gasteiger partial charge in [-0.2, -0.15) is 0 Å². The molecule has 3 aromatic carbocycles. The smallest absolute Gasteiger partial charge is 0.337 e. The summed E-state index contributed by atoms with van der Waals surface area (Å²) in [6.07, 6.45) is 1.01. The average Bonchev–Trinajstić information content (AvgIpc) is 2.74. The van der Waals surface area contributed by atoms with Gasteiger partial charge >= 0.3 is 5.97 Å². The van der Waals surface area contributed by atoms with Gasteiger partial charge in [0.15, 0.2) is 0 Å². The molecule has 0 aromatic heterocycles. The van der Waals surface area contributed by atoms with E-state index in [0.717, 1.165) is 5.56 Å². The largest absolute Gasteiger partial charge is 0.478 e. The van der Waals surface area contributed by atoms with Crippen LogP contribution in [0, 0.1) is 0 Å². The van der Waals surface area contributed by atoms with Crippen LogP contribution in [0.25, 0.3) is 0 Å². The van der Waals surface area contributed by atoms with Gasteiger partial charge in [-0.15, -0.1) is 0 Å². The number of benzene rings is 3. The number of amides is 2. The molecule has 0 bridgehead atoms. The van der Waals surface area contributed by atoms with Crippen LogP contribution in [0.3, 0.4) is 0 Å². The Labute approximate surface area is 168 Å². The number of nitrogens with one attached hydrogen (secondary N) is 2. The number of hydrogen-bond donors (Lipinski definition) is 3. The lowest BCUT2D eigenvalue weighted by atomic mass is 10.1. The van der Waals surface area contributed by atoms with Gasteiger partial charge in [0.2, 0.25) is 5.91 Å². The average molecular weight is 388 g/mol. The first-order valence-electron chi connectivity index (χ1n) is 9.10. The second kappa shape index (κ2) is 9.32. The molecule has 3 N–H and O–H groups in total. The minimum atomic E-state index is -1.12. The van der Waals surface area contributed by atoms with Crippen molar-refractivity contribution in [2.24, 2.45) is 0 Å². The number of carboxylic acids is 1. The molecule has 0 saturated heterocycles. The standard InChI is InChI=1S/C23H20N2O4/c26-21(15-10-16-6-2-1-3-7-16)24-18-13-11-17(12-14-18)22(27)25-20-9-5-4-8-19(20)23(28)29/h1-9,11-14H,10,15H2,(H,24,26)(H,25,27)(H,28,29). The van der Waals surface area contributed by atoms with Crippen molar-refractivity contribution in [1.82, 2.24) is 0 Å². The van der Waals surface area contributed by atoms with Crippen molar-refractivity contribution in [3.8, 4) is 0 Å². The molecule has 0 fully saturated rings. The normalized spacial score (nSPS) is 10.2. The number of anilines is 2. The summed E-state index contributed by atoms with van der Waals surface area (Å²) in [5.41, 5.74) is 2.28. The van der Waals surface area contributed by atoms with Gasteiger partial charge in [0.05, 0.1) is 11.3 Å². The van der Waals surface area contributed by atoms with Gasteiger partial charge in [-0.25, -0.2) is 4.79 Å². The Bertz CT molecular complexity index is 1010. The number of hydrogen-bond acceptors (Lipinski definition) is 3. The molecule has 146 valence electrons. The van der Waals surface area contributed by atoms with Crippen LogP contribution in [0.1, 0.15) is 32.7 Å². The Morgan fingerprint density at radius 3 is 2.10 bits per heavy atom. The summed E-state index contributed by atoms with van der Waals surface area (Å²) in [7, 11) is 0. The molecule has 2 amide bonds. The van der Waals surface area contributed by atoms with Crippen molar-refractivity contribution in [3.63, 3.8) is 0 Å². The molecular formula is C23H20N2O4. The molecule has 0 saturated carbocycles. The Balaban J connectivity index is 1.57. The number of rotatable bonds is 7. The van der Waals surface area contributed by atoms with Gasteiger partial charge in [-0.1, -0.05) is 42.5 Å². The van der Waals surface area contributed by atoms with Crippen molar-refractivity contribution in [2.75, 3.05) is 10.6 Å². The molecule has 6 nitrogen and oxygen atoms in total. The lowest BCUT2D eigenvalue weighted by Crippen LogP contribution is -2.15. The Morgan fingerprint density at radius 2 is 1.41 bits per heavy atom. The van der Waals surface area contributed by atoms with Gasteiger partial charge in [0, 0.05) is 17.7 Å². The van der Waals surface area contributed by atoms with Crippen LogP contribution in [0.5, 0.6) is 0 Å². The van der Waals surface area contributed by atoms with Crippen molar-refractivity contribution >= 4 is 29.2 Å². The fourth-order valence-electron chi connectivity index (χ4n) is 2.80. The van der Waals surface area contributed by atoms with E-state index in [2.05, 4.69) is 10.6 Å². The quantitative estimate of drug-likeness (QED) is 0.565. The second-order valence-corrected chi connectivity index (χ2v) is 6.42. The maximum Gasteiger partial charge on any atom is 0.337 e. The zero-order chi connectivity index (χ0) is 20.6. The third kappa shape index (κ3) is 5.52. The van der Waals surface area contributed by atoms with Gasteiger partial charge in [-0.3, -0.25) is 9.59 Å². The molecule has 6 heteroatoms. The first-order chi connectivity index (χ1) is 14.0. The Kier molecular flexibility index (Phi) is 6.37. The third-order valence-corrected chi connectivity index (χ3v) is 4.32. The molecule has 0 unspecified atom stereocenters. The van der Waals surface area contributed by atoms with Crippen molar-refractivity contribution in [3.05, 3.63) is 95.6 Å². The van der Waals surface area contributed by atoms with Crippen molar-refractivity contribution < 1.29 is 19.5 Å². The van der Waals surface area contributed by atoms with Gasteiger partial charge in [0.25, 0.3) is 5.91 Å². The summed E-state index contributed by atoms with van der Waals surface area (Å²) >= 11 is 0. The second-order valence-electron chi connectivity index (χ2n) is 6.42. The molecule has 0 heterocycles. The van der Waals surface area contributed by atoms with Crippen LogP contribution in [0.2, 0.25) is 0 Å². The number of carbonyl (C=O) groups excluding carboxylic acids is 2. The summed E-state index contributed by atoms with van der Waals surface area (Å²) in [4.78, 5) is 35.7. The summed E-state index contributed by atoms with van der Waals surface area (Å²) in [6.45, 7) is 0. The number of carbonyl (C=O) groups is 3. The first kappa shape index (κ1) is 19.8. The number of carboxylic acid groups (broad SMARTS) is 1. The highest BCUT2D eigenvalue weighted by molar-refractivity contribution is 6.08. The molecule has 0 spiro atoms. The van der Waals surface area contributed by atoms with E-state index in [1.807, 2.05) is 30.3 Å². The van der Waals surface area contributed by atoms with Crippen molar-refractivity contribution in [1.29, 1.82) is 0 Å². The van der Waals surface area contributed by atoms with Gasteiger partial charge < -0.3 is 15.7 Å². The fourth-order valence-corrected chi connectivity index (χ4v) is 2.80. The molecule has 3 rings (SSSR count). The highest BCUT2D eigenvalue weighted by atomic mass is 16.4. The van der Waals surface area contributed by atoms with Gasteiger partial charge in [-0.05, 0) is 48.4 Å². The molecule has 0 atom stereocenters. The monoisotopic (exact) mass is 388 g/mol. The minimum Gasteiger partial charge on any atom is -0.478 e. The fraction of sp³-hybridized carbons (Fsp3) is 0.0870. The van der Waals surface area contributed by atoms with E-state index in [1.54, 1.807) is 36.4 Å². The van der Waals surface area contributed by atoms with E-state index in [1.165, 1.54) is 12.1 Å². The maximum absolute atomic E-state index is 12.4. The van der Waals surface area contributed by atoms with E-state index >= 15 is 0 Å². The molecular weight excluding hydrogens is 368 g/mol. The molecule has 0 aliphatic heterocycles. The van der Waals surface area contributed by atoms with Crippen LogP contribution in [0.15, 0.2) is 78.9 Å². The maximum atomic E-state index is 12.4. The summed E-state index contributed by atoms with van der Waals surface area (Å²) in [5, 5.41) is 14.6.